The summed E-state index contributed by atoms with van der Waals surface area (Å²) >= 11 is 0. The van der Waals surface area contributed by atoms with E-state index in [9.17, 15) is 14.4 Å². The van der Waals surface area contributed by atoms with Gasteiger partial charge < -0.3 is 24.2 Å². The van der Waals surface area contributed by atoms with Gasteiger partial charge in [-0.05, 0) is 64.5 Å². The number of carbonyl (C=O) groups excluding carboxylic acids is 3. The lowest BCUT2D eigenvalue weighted by molar-refractivity contribution is -0.149. The molecule has 2 rings (SSSR count). The third kappa shape index (κ3) is 7.19. The van der Waals surface area contributed by atoms with E-state index in [1.54, 1.807) is 61.8 Å². The fourth-order valence-electron chi connectivity index (χ4n) is 4.09. The molecule has 1 aliphatic heterocycles. The Kier molecular flexibility index (Phi) is 10.4. The van der Waals surface area contributed by atoms with Crippen molar-refractivity contribution < 1.29 is 23.9 Å². The number of carbonyl (C=O) groups is 3. The molecule has 1 aromatic carbocycles. The second-order valence-corrected chi connectivity index (χ2v) is 9.53. The zero-order valence-electron chi connectivity index (χ0n) is 21.6. The number of nitrogens with zero attached hydrogens (tertiary/aromatic N) is 3. The average Bonchev–Trinajstić information content (AvgIpc) is 2.84. The first-order valence-electron chi connectivity index (χ1n) is 12.1. The van der Waals surface area contributed by atoms with Crippen LogP contribution < -0.4 is 4.74 Å². The van der Waals surface area contributed by atoms with Crippen LogP contribution >= 0.6 is 0 Å². The molecule has 0 bridgehead atoms. The molecule has 34 heavy (non-hydrogen) atoms. The van der Waals surface area contributed by atoms with Crippen molar-refractivity contribution in [3.63, 3.8) is 0 Å². The van der Waals surface area contributed by atoms with Gasteiger partial charge in [0.2, 0.25) is 5.91 Å². The van der Waals surface area contributed by atoms with Crippen LogP contribution in [-0.2, 0) is 14.3 Å². The number of ether oxygens (including phenoxy) is 2. The number of benzene rings is 1. The number of hydrogen-bond acceptors (Lipinski definition) is 5. The number of para-hydroxylation sites is 1. The third-order valence-electron chi connectivity index (χ3n) is 6.56. The molecule has 0 aromatic heterocycles. The van der Waals surface area contributed by atoms with Crippen LogP contribution in [0.5, 0.6) is 5.75 Å². The van der Waals surface area contributed by atoms with Gasteiger partial charge in [-0.3, -0.25) is 14.4 Å². The average molecular weight is 476 g/mol. The molecule has 190 valence electrons. The van der Waals surface area contributed by atoms with Gasteiger partial charge in [0, 0.05) is 41.3 Å². The van der Waals surface area contributed by atoms with Crippen molar-refractivity contribution in [2.75, 3.05) is 47.9 Å². The molecule has 0 spiro atoms. The summed E-state index contributed by atoms with van der Waals surface area (Å²) in [6.07, 6.45) is 4.65. The lowest BCUT2D eigenvalue weighted by atomic mass is 10.0. The molecule has 1 heterocycles. The van der Waals surface area contributed by atoms with Crippen molar-refractivity contribution in [1.82, 2.24) is 14.7 Å². The van der Waals surface area contributed by atoms with Crippen molar-refractivity contribution in [2.45, 2.75) is 64.0 Å². The predicted octanol–water partition coefficient (Wildman–Crippen LogP) is 3.20. The predicted molar refractivity (Wildman–Crippen MR) is 132 cm³/mol. The second-order valence-electron chi connectivity index (χ2n) is 9.53. The van der Waals surface area contributed by atoms with E-state index in [0.717, 1.165) is 25.7 Å². The highest BCUT2D eigenvalue weighted by Gasteiger charge is 2.32. The van der Waals surface area contributed by atoms with Crippen LogP contribution in [0, 0.1) is 0 Å². The normalized spacial score (nSPS) is 18.4. The molecule has 0 saturated carbocycles. The Morgan fingerprint density at radius 3 is 2.56 bits per heavy atom. The Bertz CT molecular complexity index is 841. The zero-order chi connectivity index (χ0) is 25.3. The molecule has 0 fully saturated rings. The zero-order valence-corrected chi connectivity index (χ0v) is 21.6. The van der Waals surface area contributed by atoms with E-state index in [-0.39, 0.29) is 17.7 Å². The third-order valence-corrected chi connectivity index (χ3v) is 6.56. The molecule has 0 aliphatic carbocycles. The number of hydrogen-bond donors (Lipinski definition) is 0. The first-order valence-corrected chi connectivity index (χ1v) is 12.1. The fraction of sp³-hybridized carbons (Fsp3) is 0.654. The summed E-state index contributed by atoms with van der Waals surface area (Å²) in [5.74, 6) is 0.185. The van der Waals surface area contributed by atoms with Crippen molar-refractivity contribution in [2.24, 2.45) is 0 Å². The van der Waals surface area contributed by atoms with Crippen LogP contribution in [0.15, 0.2) is 24.3 Å². The van der Waals surface area contributed by atoms with Gasteiger partial charge in [-0.15, -0.1) is 0 Å². The van der Waals surface area contributed by atoms with Gasteiger partial charge >= 0.3 is 0 Å². The van der Waals surface area contributed by atoms with Gasteiger partial charge in [0.1, 0.15) is 17.4 Å². The van der Waals surface area contributed by atoms with Gasteiger partial charge in [0.05, 0.1) is 12.2 Å². The largest absolute Gasteiger partial charge is 0.493 e. The molecule has 0 unspecified atom stereocenters. The number of amides is 3. The maximum Gasteiger partial charge on any atom is 0.258 e. The smallest absolute Gasteiger partial charge is 0.258 e. The lowest BCUT2D eigenvalue weighted by Crippen LogP contribution is -2.48. The van der Waals surface area contributed by atoms with E-state index in [2.05, 4.69) is 0 Å². The van der Waals surface area contributed by atoms with Crippen molar-refractivity contribution in [1.29, 1.82) is 0 Å². The van der Waals surface area contributed by atoms with Gasteiger partial charge in [-0.1, -0.05) is 12.1 Å². The van der Waals surface area contributed by atoms with Crippen LogP contribution in [0.1, 0.15) is 62.7 Å². The fourth-order valence-corrected chi connectivity index (χ4v) is 4.09. The van der Waals surface area contributed by atoms with Crippen LogP contribution in [0.2, 0.25) is 0 Å². The SMILES string of the molecule is COC(C)(C)C(=O)N(C)CCCC[C@H]1C(=O)N(C)CCCCCOc2ccccc2C(=O)N1C. The monoisotopic (exact) mass is 475 g/mol. The summed E-state index contributed by atoms with van der Waals surface area (Å²) in [4.78, 5) is 44.2. The van der Waals surface area contributed by atoms with E-state index in [0.29, 0.717) is 43.9 Å². The van der Waals surface area contributed by atoms with Gasteiger partial charge in [0.15, 0.2) is 0 Å². The minimum Gasteiger partial charge on any atom is -0.493 e. The molecule has 8 nitrogen and oxygen atoms in total. The lowest BCUT2D eigenvalue weighted by Gasteiger charge is -2.32. The number of unbranched alkanes of at least 4 members (excludes halogenated alkanes) is 1. The molecular weight excluding hydrogens is 434 g/mol. The summed E-state index contributed by atoms with van der Waals surface area (Å²) < 4.78 is 11.2. The Morgan fingerprint density at radius 1 is 1.15 bits per heavy atom. The maximum absolute atomic E-state index is 13.4. The van der Waals surface area contributed by atoms with E-state index < -0.39 is 11.6 Å². The molecule has 0 N–H and O–H groups in total. The first-order chi connectivity index (χ1) is 16.1. The van der Waals surface area contributed by atoms with Crippen molar-refractivity contribution >= 4 is 17.7 Å². The number of fused-ring (bicyclic) bond motifs is 1. The van der Waals surface area contributed by atoms with Crippen LogP contribution in [-0.4, -0.2) is 92.0 Å². The summed E-state index contributed by atoms with van der Waals surface area (Å²) in [6.45, 7) is 5.23. The molecule has 1 aromatic rings. The molecule has 1 aliphatic rings. The number of rotatable bonds is 7. The molecule has 0 saturated heterocycles. The molecule has 8 heteroatoms. The Labute approximate surface area is 204 Å². The Morgan fingerprint density at radius 2 is 1.85 bits per heavy atom. The van der Waals surface area contributed by atoms with Crippen LogP contribution in [0.4, 0.5) is 0 Å². The highest BCUT2D eigenvalue weighted by Crippen LogP contribution is 2.23. The Hall–Kier alpha value is -2.61. The summed E-state index contributed by atoms with van der Waals surface area (Å²) in [7, 11) is 6.77. The molecule has 0 radical (unpaired) electrons. The number of methoxy groups -OCH3 is 1. The number of likely N-dealkylation sites (N-methyl/N-ethyl adjacent to an activating group) is 3. The van der Waals surface area contributed by atoms with Gasteiger partial charge in [-0.2, -0.15) is 0 Å². The molecular formula is C26H41N3O5. The first kappa shape index (κ1) is 27.6. The molecule has 3 amide bonds. The molecule has 1 atom stereocenters. The van der Waals surface area contributed by atoms with Crippen LogP contribution in [0.3, 0.4) is 0 Å². The van der Waals surface area contributed by atoms with Gasteiger partial charge in [-0.25, -0.2) is 0 Å². The van der Waals surface area contributed by atoms with E-state index in [4.69, 9.17) is 9.47 Å². The highest BCUT2D eigenvalue weighted by atomic mass is 16.5. The van der Waals surface area contributed by atoms with Crippen molar-refractivity contribution in [3.8, 4) is 5.75 Å². The topological polar surface area (TPSA) is 79.4 Å². The minimum atomic E-state index is -0.873. The minimum absolute atomic E-state index is 0.0570. The Balaban J connectivity index is 2.13. The van der Waals surface area contributed by atoms with E-state index in [1.165, 1.54) is 7.11 Å². The standard InChI is InChI=1S/C26H41N3O5/c1-26(2,33-6)25(32)28(4)18-12-10-15-21-24(31)27(3)17-11-7-13-19-34-22-16-9-8-14-20(22)23(30)29(21)5/h8-9,14,16,21H,7,10-13,15,17-19H2,1-6H3/t21-/m0/s1. The second kappa shape index (κ2) is 12.7. The van der Waals surface area contributed by atoms with Crippen molar-refractivity contribution in [3.05, 3.63) is 29.8 Å². The van der Waals surface area contributed by atoms with Crippen LogP contribution in [0.25, 0.3) is 0 Å². The van der Waals surface area contributed by atoms with Gasteiger partial charge in [0.25, 0.3) is 11.8 Å². The maximum atomic E-state index is 13.4. The quantitative estimate of drug-likeness (QED) is 0.566. The highest BCUT2D eigenvalue weighted by molar-refractivity contribution is 5.99. The summed E-state index contributed by atoms with van der Waals surface area (Å²) in [5, 5.41) is 0. The summed E-state index contributed by atoms with van der Waals surface area (Å²) in [6, 6.07) is 6.63. The summed E-state index contributed by atoms with van der Waals surface area (Å²) in [5.41, 5.74) is -0.404. The van der Waals surface area contributed by atoms with E-state index >= 15 is 0 Å². The van der Waals surface area contributed by atoms with E-state index in [1.807, 2.05) is 12.1 Å².